The first-order valence-corrected chi connectivity index (χ1v) is 6.21. The Labute approximate surface area is 95.6 Å². The molecule has 0 radical (unpaired) electrons. The number of hydrogen-bond donors (Lipinski definition) is 2. The highest BCUT2D eigenvalue weighted by Crippen LogP contribution is 2.47. The second-order valence-corrected chi connectivity index (χ2v) is 5.09. The molecular weight excluding hydrogens is 202 g/mol. The maximum absolute atomic E-state index is 5.78. The smallest absolute Gasteiger partial charge is 0.201 e. The van der Waals surface area contributed by atoms with E-state index in [0.717, 1.165) is 37.5 Å². The molecule has 16 heavy (non-hydrogen) atoms. The van der Waals surface area contributed by atoms with Crippen LogP contribution in [0.3, 0.4) is 0 Å². The molecule has 0 spiro atoms. The van der Waals surface area contributed by atoms with Crippen molar-refractivity contribution in [2.45, 2.75) is 37.0 Å². The summed E-state index contributed by atoms with van der Waals surface area (Å²) in [6, 6.07) is 0. The third-order valence-corrected chi connectivity index (χ3v) is 3.98. The van der Waals surface area contributed by atoms with E-state index >= 15 is 0 Å². The molecule has 0 atom stereocenters. The average Bonchev–Trinajstić information content (AvgIpc) is 3.00. The zero-order valence-electron chi connectivity index (χ0n) is 9.54. The molecule has 2 aliphatic rings. The molecule has 3 N–H and O–H groups in total. The van der Waals surface area contributed by atoms with E-state index in [0.29, 0.717) is 12.5 Å². The van der Waals surface area contributed by atoms with Crippen LogP contribution in [0.1, 0.15) is 43.2 Å². The molecule has 88 valence electrons. The van der Waals surface area contributed by atoms with Crippen molar-refractivity contribution in [1.29, 1.82) is 0 Å². The summed E-state index contributed by atoms with van der Waals surface area (Å²) in [7, 11) is 0. The lowest BCUT2D eigenvalue weighted by Crippen LogP contribution is -2.27. The molecule has 1 aliphatic heterocycles. The van der Waals surface area contributed by atoms with E-state index in [1.54, 1.807) is 0 Å². The number of hydrogen-bond acceptors (Lipinski definition) is 4. The standard InChI is InChI=1S/C12H19N3O/c13-8-12(3-4-12)11-15-10(7-16-11)9-1-5-14-6-2-9/h7,9,14H,1-6,8,13H2. The summed E-state index contributed by atoms with van der Waals surface area (Å²) in [6.45, 7) is 2.85. The first-order chi connectivity index (χ1) is 7.84. The molecule has 1 aromatic heterocycles. The van der Waals surface area contributed by atoms with E-state index in [4.69, 9.17) is 10.2 Å². The molecule has 4 nitrogen and oxygen atoms in total. The second kappa shape index (κ2) is 3.86. The number of nitrogens with one attached hydrogen (secondary N) is 1. The Morgan fingerprint density at radius 2 is 2.19 bits per heavy atom. The lowest BCUT2D eigenvalue weighted by atomic mass is 9.95. The largest absolute Gasteiger partial charge is 0.448 e. The van der Waals surface area contributed by atoms with Crippen molar-refractivity contribution in [2.24, 2.45) is 5.73 Å². The normalized spacial score (nSPS) is 24.6. The molecule has 1 saturated carbocycles. The molecule has 1 aromatic rings. The molecular formula is C12H19N3O. The molecule has 0 bridgehead atoms. The fourth-order valence-electron chi connectivity index (χ4n) is 2.49. The summed E-state index contributed by atoms with van der Waals surface area (Å²) in [6.07, 6.45) is 6.45. The van der Waals surface area contributed by atoms with Gasteiger partial charge in [0.1, 0.15) is 6.26 Å². The fraction of sp³-hybridized carbons (Fsp3) is 0.750. The van der Waals surface area contributed by atoms with Crippen LogP contribution < -0.4 is 11.1 Å². The summed E-state index contributed by atoms with van der Waals surface area (Å²) < 4.78 is 5.62. The Morgan fingerprint density at radius 3 is 2.81 bits per heavy atom. The summed E-state index contributed by atoms with van der Waals surface area (Å²) in [5.41, 5.74) is 7.00. The molecule has 0 amide bonds. The van der Waals surface area contributed by atoms with Gasteiger partial charge in [-0.3, -0.25) is 0 Å². The van der Waals surface area contributed by atoms with Gasteiger partial charge < -0.3 is 15.5 Å². The number of oxazole rings is 1. The van der Waals surface area contributed by atoms with Crippen LogP contribution in [0.4, 0.5) is 0 Å². The van der Waals surface area contributed by atoms with Gasteiger partial charge in [0.25, 0.3) is 0 Å². The van der Waals surface area contributed by atoms with Crippen LogP contribution in [0.25, 0.3) is 0 Å². The van der Waals surface area contributed by atoms with Gasteiger partial charge in [0, 0.05) is 12.5 Å². The van der Waals surface area contributed by atoms with Gasteiger partial charge in [-0.15, -0.1) is 0 Å². The monoisotopic (exact) mass is 221 g/mol. The van der Waals surface area contributed by atoms with Crippen LogP contribution in [0, 0.1) is 0 Å². The third-order valence-electron chi connectivity index (χ3n) is 3.98. The van der Waals surface area contributed by atoms with Crippen LogP contribution in [-0.4, -0.2) is 24.6 Å². The first kappa shape index (κ1) is 10.3. The lowest BCUT2D eigenvalue weighted by Gasteiger charge is -2.20. The molecule has 0 aromatic carbocycles. The van der Waals surface area contributed by atoms with Gasteiger partial charge in [-0.2, -0.15) is 0 Å². The Bertz CT molecular complexity index is 364. The molecule has 4 heteroatoms. The van der Waals surface area contributed by atoms with Crippen LogP contribution in [0.5, 0.6) is 0 Å². The fourth-order valence-corrected chi connectivity index (χ4v) is 2.49. The number of piperidine rings is 1. The van der Waals surface area contributed by atoms with Crippen LogP contribution in [0.15, 0.2) is 10.7 Å². The van der Waals surface area contributed by atoms with Crippen molar-refractivity contribution >= 4 is 0 Å². The molecule has 2 fully saturated rings. The number of aromatic nitrogens is 1. The highest BCUT2D eigenvalue weighted by Gasteiger charge is 2.47. The molecule has 3 rings (SSSR count). The highest BCUT2D eigenvalue weighted by molar-refractivity contribution is 5.19. The maximum Gasteiger partial charge on any atom is 0.201 e. The minimum atomic E-state index is 0.0885. The number of nitrogens with zero attached hydrogens (tertiary/aromatic N) is 1. The highest BCUT2D eigenvalue weighted by atomic mass is 16.3. The van der Waals surface area contributed by atoms with Crippen molar-refractivity contribution < 1.29 is 4.42 Å². The predicted octanol–water partition coefficient (Wildman–Crippen LogP) is 1.13. The van der Waals surface area contributed by atoms with Crippen molar-refractivity contribution in [3.8, 4) is 0 Å². The Kier molecular flexibility index (Phi) is 2.48. The van der Waals surface area contributed by atoms with E-state index in [-0.39, 0.29) is 5.41 Å². The zero-order chi connectivity index (χ0) is 11.0. The molecule has 1 saturated heterocycles. The third kappa shape index (κ3) is 1.66. The Hall–Kier alpha value is -0.870. The van der Waals surface area contributed by atoms with E-state index in [1.165, 1.54) is 12.8 Å². The summed E-state index contributed by atoms with van der Waals surface area (Å²) in [5, 5.41) is 3.37. The summed E-state index contributed by atoms with van der Waals surface area (Å²) >= 11 is 0. The van der Waals surface area contributed by atoms with E-state index in [9.17, 15) is 0 Å². The van der Waals surface area contributed by atoms with Gasteiger partial charge in [0.15, 0.2) is 0 Å². The van der Waals surface area contributed by atoms with Crippen molar-refractivity contribution in [1.82, 2.24) is 10.3 Å². The van der Waals surface area contributed by atoms with E-state index in [2.05, 4.69) is 10.3 Å². The van der Waals surface area contributed by atoms with Crippen molar-refractivity contribution in [2.75, 3.05) is 19.6 Å². The van der Waals surface area contributed by atoms with Gasteiger partial charge in [-0.1, -0.05) is 0 Å². The second-order valence-electron chi connectivity index (χ2n) is 5.09. The van der Waals surface area contributed by atoms with Crippen molar-refractivity contribution in [3.05, 3.63) is 17.8 Å². The van der Waals surface area contributed by atoms with Gasteiger partial charge in [-0.25, -0.2) is 4.98 Å². The van der Waals surface area contributed by atoms with Crippen LogP contribution in [-0.2, 0) is 5.41 Å². The van der Waals surface area contributed by atoms with Crippen LogP contribution in [0.2, 0.25) is 0 Å². The van der Waals surface area contributed by atoms with E-state index < -0.39 is 0 Å². The maximum atomic E-state index is 5.78. The van der Waals surface area contributed by atoms with Gasteiger partial charge in [-0.05, 0) is 38.8 Å². The molecule has 0 unspecified atom stereocenters. The average molecular weight is 221 g/mol. The zero-order valence-corrected chi connectivity index (χ0v) is 9.54. The first-order valence-electron chi connectivity index (χ1n) is 6.21. The predicted molar refractivity (Wildman–Crippen MR) is 61.3 cm³/mol. The topological polar surface area (TPSA) is 64.1 Å². The minimum absolute atomic E-state index is 0.0885. The van der Waals surface area contributed by atoms with Gasteiger partial charge >= 0.3 is 0 Å². The summed E-state index contributed by atoms with van der Waals surface area (Å²) in [5.74, 6) is 1.45. The Balaban J connectivity index is 1.77. The van der Waals surface area contributed by atoms with E-state index in [1.807, 2.05) is 6.26 Å². The number of rotatable bonds is 3. The van der Waals surface area contributed by atoms with Crippen LogP contribution >= 0.6 is 0 Å². The van der Waals surface area contributed by atoms with Crippen molar-refractivity contribution in [3.63, 3.8) is 0 Å². The molecule has 1 aliphatic carbocycles. The lowest BCUT2D eigenvalue weighted by molar-refractivity contribution is 0.436. The SMILES string of the molecule is NCC1(c2nc(C3CCNCC3)co2)CC1. The summed E-state index contributed by atoms with van der Waals surface area (Å²) in [4.78, 5) is 4.66. The Morgan fingerprint density at radius 1 is 1.44 bits per heavy atom. The van der Waals surface area contributed by atoms with Gasteiger partial charge in [0.2, 0.25) is 5.89 Å². The number of nitrogens with two attached hydrogens (primary N) is 1. The quantitative estimate of drug-likeness (QED) is 0.803. The molecule has 2 heterocycles. The minimum Gasteiger partial charge on any atom is -0.448 e. The van der Waals surface area contributed by atoms with Gasteiger partial charge in [0.05, 0.1) is 11.1 Å².